The summed E-state index contributed by atoms with van der Waals surface area (Å²) >= 11 is 0. The molecule has 2 aromatic rings. The molecule has 0 radical (unpaired) electrons. The lowest BCUT2D eigenvalue weighted by molar-refractivity contribution is 0.976. The van der Waals surface area contributed by atoms with Crippen molar-refractivity contribution in [2.24, 2.45) is 0 Å². The lowest BCUT2D eigenvalue weighted by Crippen LogP contribution is -2.20. The summed E-state index contributed by atoms with van der Waals surface area (Å²) < 4.78 is 0. The quantitative estimate of drug-likeness (QED) is 0.696. The smallest absolute Gasteiger partial charge is 0.272 e. The molecule has 82 valence electrons. The van der Waals surface area contributed by atoms with Crippen LogP contribution in [0.15, 0.2) is 27.8 Å². The summed E-state index contributed by atoms with van der Waals surface area (Å²) in [4.78, 5) is 23.2. The van der Waals surface area contributed by atoms with E-state index in [1.807, 2.05) is 6.07 Å². The van der Waals surface area contributed by atoms with E-state index < -0.39 is 0 Å². The fourth-order valence-corrected chi connectivity index (χ4v) is 1.80. The zero-order valence-electron chi connectivity index (χ0n) is 8.54. The standard InChI is InChI=1S/C11H11N3O2/c15-10-7-2-1-3-8(12-6-4-5-6)9(7)11(16)14-13-10/h1-3,6,12H,4-5H2,(H,13,15)(H,14,16). The monoisotopic (exact) mass is 217 g/mol. The van der Waals surface area contributed by atoms with Gasteiger partial charge in [-0.3, -0.25) is 19.8 Å². The average Bonchev–Trinajstić information content (AvgIpc) is 3.08. The molecule has 3 N–H and O–H groups in total. The summed E-state index contributed by atoms with van der Waals surface area (Å²) in [5.74, 6) is 0. The highest BCUT2D eigenvalue weighted by Crippen LogP contribution is 2.27. The third-order valence-corrected chi connectivity index (χ3v) is 2.76. The number of anilines is 1. The van der Waals surface area contributed by atoms with E-state index in [0.29, 0.717) is 16.8 Å². The number of benzene rings is 1. The SMILES string of the molecule is O=c1[nH][nH]c(=O)c2c(NC3CC3)cccc12. The van der Waals surface area contributed by atoms with Crippen LogP contribution in [0.3, 0.4) is 0 Å². The van der Waals surface area contributed by atoms with Crippen molar-refractivity contribution in [1.82, 2.24) is 10.2 Å². The molecule has 3 rings (SSSR count). The van der Waals surface area contributed by atoms with Gasteiger partial charge in [0.05, 0.1) is 10.8 Å². The van der Waals surface area contributed by atoms with Gasteiger partial charge in [-0.25, -0.2) is 0 Å². The van der Waals surface area contributed by atoms with Crippen LogP contribution in [0.2, 0.25) is 0 Å². The molecule has 0 bridgehead atoms. The van der Waals surface area contributed by atoms with Gasteiger partial charge in [0.2, 0.25) is 0 Å². The third kappa shape index (κ3) is 1.41. The fraction of sp³-hybridized carbons (Fsp3) is 0.273. The van der Waals surface area contributed by atoms with Gasteiger partial charge in [-0.15, -0.1) is 0 Å². The van der Waals surface area contributed by atoms with E-state index in [1.165, 1.54) is 0 Å². The normalized spacial score (nSPS) is 15.2. The Hall–Kier alpha value is -2.04. The third-order valence-electron chi connectivity index (χ3n) is 2.76. The first-order valence-electron chi connectivity index (χ1n) is 5.26. The first-order valence-corrected chi connectivity index (χ1v) is 5.26. The summed E-state index contributed by atoms with van der Waals surface area (Å²) in [6.07, 6.45) is 2.25. The number of hydrogen-bond donors (Lipinski definition) is 3. The Bertz CT molecular complexity index is 652. The molecular formula is C11H11N3O2. The lowest BCUT2D eigenvalue weighted by Gasteiger charge is -2.06. The second-order valence-electron chi connectivity index (χ2n) is 4.05. The molecule has 5 nitrogen and oxygen atoms in total. The molecule has 16 heavy (non-hydrogen) atoms. The highest BCUT2D eigenvalue weighted by Gasteiger charge is 2.22. The number of H-pyrrole nitrogens is 2. The summed E-state index contributed by atoms with van der Waals surface area (Å²) in [6, 6.07) is 5.71. The van der Waals surface area contributed by atoms with E-state index in [2.05, 4.69) is 15.5 Å². The second kappa shape index (κ2) is 3.23. The number of aromatic nitrogens is 2. The summed E-state index contributed by atoms with van der Waals surface area (Å²) in [6.45, 7) is 0. The van der Waals surface area contributed by atoms with E-state index >= 15 is 0 Å². The number of nitrogens with one attached hydrogen (secondary N) is 3. The highest BCUT2D eigenvalue weighted by molar-refractivity contribution is 5.92. The van der Waals surface area contributed by atoms with E-state index in [9.17, 15) is 9.59 Å². The minimum atomic E-state index is -0.269. The van der Waals surface area contributed by atoms with Crippen LogP contribution in [-0.2, 0) is 0 Å². The van der Waals surface area contributed by atoms with Gasteiger partial charge in [0.1, 0.15) is 0 Å². The molecule has 0 spiro atoms. The van der Waals surface area contributed by atoms with Crippen LogP contribution in [-0.4, -0.2) is 16.2 Å². The van der Waals surface area contributed by atoms with Crippen molar-refractivity contribution in [2.45, 2.75) is 18.9 Å². The molecule has 0 unspecified atom stereocenters. The van der Waals surface area contributed by atoms with Crippen molar-refractivity contribution >= 4 is 16.5 Å². The Balaban J connectivity index is 2.31. The van der Waals surface area contributed by atoms with Gasteiger partial charge in [0, 0.05) is 11.7 Å². The zero-order chi connectivity index (χ0) is 11.1. The van der Waals surface area contributed by atoms with Gasteiger partial charge < -0.3 is 5.32 Å². The molecule has 0 aliphatic heterocycles. The van der Waals surface area contributed by atoms with Crippen LogP contribution >= 0.6 is 0 Å². The molecule has 1 aromatic heterocycles. The van der Waals surface area contributed by atoms with Crippen molar-refractivity contribution < 1.29 is 0 Å². The Morgan fingerprint density at radius 2 is 1.88 bits per heavy atom. The van der Waals surface area contributed by atoms with Crippen LogP contribution in [0, 0.1) is 0 Å². The molecular weight excluding hydrogens is 206 g/mol. The second-order valence-corrected chi connectivity index (χ2v) is 4.05. The molecule has 0 saturated heterocycles. The van der Waals surface area contributed by atoms with Crippen molar-refractivity contribution in [1.29, 1.82) is 0 Å². The van der Waals surface area contributed by atoms with Gasteiger partial charge in [-0.05, 0) is 25.0 Å². The highest BCUT2D eigenvalue weighted by atomic mass is 16.1. The maximum Gasteiger partial charge on any atom is 0.272 e. The summed E-state index contributed by atoms with van der Waals surface area (Å²) in [5.41, 5.74) is 0.208. The lowest BCUT2D eigenvalue weighted by atomic mass is 10.1. The Kier molecular flexibility index (Phi) is 1.86. The number of aromatic amines is 2. The maximum absolute atomic E-state index is 11.7. The van der Waals surface area contributed by atoms with Crippen molar-refractivity contribution in [3.8, 4) is 0 Å². The predicted octanol–water partition coefficient (Wildman–Crippen LogP) is 0.791. The van der Waals surface area contributed by atoms with Crippen molar-refractivity contribution in [3.05, 3.63) is 38.9 Å². The van der Waals surface area contributed by atoms with E-state index in [-0.39, 0.29) is 11.1 Å². The molecule has 5 heteroatoms. The average molecular weight is 217 g/mol. The van der Waals surface area contributed by atoms with Gasteiger partial charge in [-0.2, -0.15) is 0 Å². The molecule has 1 aromatic carbocycles. The van der Waals surface area contributed by atoms with E-state index in [4.69, 9.17) is 0 Å². The minimum Gasteiger partial charge on any atom is -0.382 e. The molecule has 1 fully saturated rings. The van der Waals surface area contributed by atoms with E-state index in [1.54, 1.807) is 12.1 Å². The van der Waals surface area contributed by atoms with E-state index in [0.717, 1.165) is 18.5 Å². The minimum absolute atomic E-state index is 0.265. The van der Waals surface area contributed by atoms with Crippen LogP contribution in [0.25, 0.3) is 10.8 Å². The van der Waals surface area contributed by atoms with Crippen LogP contribution in [0.1, 0.15) is 12.8 Å². The number of rotatable bonds is 2. The van der Waals surface area contributed by atoms with Gasteiger partial charge in [-0.1, -0.05) is 6.07 Å². The first kappa shape index (κ1) is 9.21. The predicted molar refractivity (Wildman–Crippen MR) is 61.8 cm³/mol. The topological polar surface area (TPSA) is 77.8 Å². The summed E-state index contributed by atoms with van der Waals surface area (Å²) in [5, 5.41) is 8.78. The Morgan fingerprint density at radius 1 is 1.12 bits per heavy atom. The first-order chi connectivity index (χ1) is 7.75. The largest absolute Gasteiger partial charge is 0.382 e. The number of fused-ring (bicyclic) bond motifs is 1. The van der Waals surface area contributed by atoms with Gasteiger partial charge in [0.15, 0.2) is 0 Å². The molecule has 0 amide bonds. The van der Waals surface area contributed by atoms with Crippen LogP contribution in [0.5, 0.6) is 0 Å². The Morgan fingerprint density at radius 3 is 2.62 bits per heavy atom. The fourth-order valence-electron chi connectivity index (χ4n) is 1.80. The molecule has 1 heterocycles. The zero-order valence-corrected chi connectivity index (χ0v) is 8.54. The van der Waals surface area contributed by atoms with Gasteiger partial charge >= 0.3 is 0 Å². The molecule has 1 saturated carbocycles. The Labute approximate surface area is 90.5 Å². The van der Waals surface area contributed by atoms with Gasteiger partial charge in [0.25, 0.3) is 11.1 Å². The molecule has 1 aliphatic rings. The molecule has 1 aliphatic carbocycles. The molecule has 0 atom stereocenters. The van der Waals surface area contributed by atoms with Crippen LogP contribution in [0.4, 0.5) is 5.69 Å². The van der Waals surface area contributed by atoms with Crippen molar-refractivity contribution in [2.75, 3.05) is 5.32 Å². The summed E-state index contributed by atoms with van der Waals surface area (Å²) in [7, 11) is 0. The van der Waals surface area contributed by atoms with Crippen molar-refractivity contribution in [3.63, 3.8) is 0 Å². The number of hydrogen-bond acceptors (Lipinski definition) is 3. The van der Waals surface area contributed by atoms with Crippen LogP contribution < -0.4 is 16.4 Å². The maximum atomic E-state index is 11.7.